The number of piperidine rings is 1. The van der Waals surface area contributed by atoms with Gasteiger partial charge in [0.25, 0.3) is 0 Å². The van der Waals surface area contributed by atoms with E-state index in [1.165, 1.54) is 21.0 Å². The standard InChI is InChI=1S/C20H23N3O6S/c1-21(13-15-6-4-10-28-15)19(24)14-5-3-9-23(12-14)30(26,27)16-7-8-17-18(11-16)29-20(25)22(17)2/h4,6-8,10-11,14H,3,5,9,12-13H2,1-2H3/t14-/m0/s1. The lowest BCUT2D eigenvalue weighted by Crippen LogP contribution is -2.45. The maximum Gasteiger partial charge on any atom is 0.419 e. The van der Waals surface area contributed by atoms with Gasteiger partial charge in [-0.3, -0.25) is 9.36 Å². The van der Waals surface area contributed by atoms with Gasteiger partial charge in [-0.25, -0.2) is 13.2 Å². The number of nitrogens with zero attached hydrogens (tertiary/aromatic N) is 3. The zero-order valence-corrected chi connectivity index (χ0v) is 17.6. The van der Waals surface area contributed by atoms with Crippen molar-refractivity contribution in [3.63, 3.8) is 0 Å². The molecule has 0 N–H and O–H groups in total. The van der Waals surface area contributed by atoms with Crippen LogP contribution >= 0.6 is 0 Å². The molecule has 2 aromatic heterocycles. The Labute approximate surface area is 173 Å². The number of carbonyl (C=O) groups excluding carboxylic acids is 1. The third-order valence-electron chi connectivity index (χ3n) is 5.48. The highest BCUT2D eigenvalue weighted by Crippen LogP contribution is 2.27. The van der Waals surface area contributed by atoms with Gasteiger partial charge in [-0.1, -0.05) is 0 Å². The van der Waals surface area contributed by atoms with Crippen molar-refractivity contribution in [1.29, 1.82) is 0 Å². The lowest BCUT2D eigenvalue weighted by Gasteiger charge is -2.33. The number of fused-ring (bicyclic) bond motifs is 1. The first-order valence-corrected chi connectivity index (χ1v) is 11.1. The minimum atomic E-state index is -3.83. The van der Waals surface area contributed by atoms with Crippen LogP contribution in [0.5, 0.6) is 0 Å². The molecule has 160 valence electrons. The number of rotatable bonds is 5. The first kappa shape index (κ1) is 20.4. The lowest BCUT2D eigenvalue weighted by molar-refractivity contribution is -0.136. The lowest BCUT2D eigenvalue weighted by atomic mass is 9.98. The van der Waals surface area contributed by atoms with Gasteiger partial charge in [-0.2, -0.15) is 4.31 Å². The maximum absolute atomic E-state index is 13.2. The predicted molar refractivity (Wildman–Crippen MR) is 108 cm³/mol. The second-order valence-electron chi connectivity index (χ2n) is 7.53. The molecular formula is C20H23N3O6S. The molecule has 1 fully saturated rings. The molecule has 3 aromatic rings. The van der Waals surface area contributed by atoms with E-state index >= 15 is 0 Å². The Morgan fingerprint density at radius 3 is 2.83 bits per heavy atom. The van der Waals surface area contributed by atoms with E-state index in [9.17, 15) is 18.0 Å². The molecule has 30 heavy (non-hydrogen) atoms. The first-order chi connectivity index (χ1) is 14.3. The Balaban J connectivity index is 1.53. The van der Waals surface area contributed by atoms with Crippen LogP contribution in [0, 0.1) is 5.92 Å². The number of hydrogen-bond acceptors (Lipinski definition) is 6. The molecule has 1 amide bonds. The number of carbonyl (C=O) groups is 1. The zero-order valence-electron chi connectivity index (χ0n) is 16.8. The fraction of sp³-hybridized carbons (Fsp3) is 0.400. The van der Waals surface area contributed by atoms with Crippen LogP contribution in [0.1, 0.15) is 18.6 Å². The minimum absolute atomic E-state index is 0.0430. The van der Waals surface area contributed by atoms with E-state index in [2.05, 4.69) is 0 Å². The summed E-state index contributed by atoms with van der Waals surface area (Å²) >= 11 is 0. The van der Waals surface area contributed by atoms with Gasteiger partial charge in [0.1, 0.15) is 5.76 Å². The number of aromatic nitrogens is 1. The number of aryl methyl sites for hydroxylation is 1. The van der Waals surface area contributed by atoms with Crippen molar-refractivity contribution in [3.05, 3.63) is 52.9 Å². The quantitative estimate of drug-likeness (QED) is 0.607. The maximum atomic E-state index is 13.2. The summed E-state index contributed by atoms with van der Waals surface area (Å²) in [7, 11) is -0.584. The van der Waals surface area contributed by atoms with E-state index in [4.69, 9.17) is 8.83 Å². The van der Waals surface area contributed by atoms with E-state index in [0.29, 0.717) is 37.2 Å². The third kappa shape index (κ3) is 3.68. The Kier molecular flexibility index (Phi) is 5.29. The van der Waals surface area contributed by atoms with Gasteiger partial charge in [-0.05, 0) is 37.1 Å². The van der Waals surface area contributed by atoms with Gasteiger partial charge < -0.3 is 13.7 Å². The molecule has 0 aliphatic carbocycles. The van der Waals surface area contributed by atoms with E-state index in [1.54, 1.807) is 43.5 Å². The van der Waals surface area contributed by atoms with Gasteiger partial charge in [0.2, 0.25) is 15.9 Å². The molecule has 4 rings (SSSR count). The van der Waals surface area contributed by atoms with Crippen molar-refractivity contribution in [1.82, 2.24) is 13.8 Å². The van der Waals surface area contributed by atoms with Crippen molar-refractivity contribution in [2.45, 2.75) is 24.3 Å². The van der Waals surface area contributed by atoms with Crippen LogP contribution in [0.4, 0.5) is 0 Å². The van der Waals surface area contributed by atoms with Crippen LogP contribution in [0.3, 0.4) is 0 Å². The molecule has 10 heteroatoms. The van der Waals surface area contributed by atoms with Gasteiger partial charge >= 0.3 is 5.76 Å². The average molecular weight is 433 g/mol. The first-order valence-electron chi connectivity index (χ1n) is 9.64. The molecule has 9 nitrogen and oxygen atoms in total. The Hall–Kier alpha value is -2.85. The van der Waals surface area contributed by atoms with Gasteiger partial charge in [0, 0.05) is 33.3 Å². The highest BCUT2D eigenvalue weighted by atomic mass is 32.2. The summed E-state index contributed by atoms with van der Waals surface area (Å²) in [5.74, 6) is -0.422. The van der Waals surface area contributed by atoms with Crippen LogP contribution in [0.2, 0.25) is 0 Å². The molecule has 1 aromatic carbocycles. The van der Waals surface area contributed by atoms with E-state index < -0.39 is 21.7 Å². The van der Waals surface area contributed by atoms with Gasteiger partial charge in [0.05, 0.1) is 29.1 Å². The third-order valence-corrected chi connectivity index (χ3v) is 7.35. The predicted octanol–water partition coefficient (Wildman–Crippen LogP) is 1.78. The molecule has 1 aliphatic rings. The van der Waals surface area contributed by atoms with E-state index in [1.807, 2.05) is 0 Å². The fourth-order valence-corrected chi connectivity index (χ4v) is 5.35. The molecule has 0 radical (unpaired) electrons. The van der Waals surface area contributed by atoms with Crippen LogP contribution < -0.4 is 5.76 Å². The second-order valence-corrected chi connectivity index (χ2v) is 9.47. The molecule has 0 unspecified atom stereocenters. The summed E-state index contributed by atoms with van der Waals surface area (Å²) in [6.07, 6.45) is 2.76. The van der Waals surface area contributed by atoms with Gasteiger partial charge in [-0.15, -0.1) is 0 Å². The Bertz CT molecular complexity index is 1230. The molecule has 1 aliphatic heterocycles. The number of sulfonamides is 1. The number of oxazole rings is 1. The summed E-state index contributed by atoms with van der Waals surface area (Å²) in [5.41, 5.74) is 0.733. The minimum Gasteiger partial charge on any atom is -0.467 e. The van der Waals surface area contributed by atoms with Crippen LogP contribution in [0.15, 0.2) is 55.1 Å². The van der Waals surface area contributed by atoms with Crippen molar-refractivity contribution in [2.24, 2.45) is 13.0 Å². The van der Waals surface area contributed by atoms with E-state index in [0.717, 1.165) is 0 Å². The summed E-state index contributed by atoms with van der Waals surface area (Å²) in [4.78, 5) is 26.1. The normalized spacial score (nSPS) is 18.0. The SMILES string of the molecule is CN(Cc1ccco1)C(=O)[C@H]1CCCN(S(=O)(=O)c2ccc3c(c2)oc(=O)n3C)C1. The fourth-order valence-electron chi connectivity index (χ4n) is 3.81. The monoisotopic (exact) mass is 433 g/mol. The number of hydrogen-bond donors (Lipinski definition) is 0. The number of amides is 1. The summed E-state index contributed by atoms with van der Waals surface area (Å²) < 4.78 is 39.4. The van der Waals surface area contributed by atoms with Crippen molar-refractivity contribution < 1.29 is 22.0 Å². The van der Waals surface area contributed by atoms with Gasteiger partial charge in [0.15, 0.2) is 5.58 Å². The molecule has 0 saturated carbocycles. The van der Waals surface area contributed by atoms with Crippen LogP contribution in [0.25, 0.3) is 11.1 Å². The zero-order chi connectivity index (χ0) is 21.5. The molecule has 0 bridgehead atoms. The Morgan fingerprint density at radius 2 is 2.10 bits per heavy atom. The highest BCUT2D eigenvalue weighted by Gasteiger charge is 2.34. The molecular weight excluding hydrogens is 410 g/mol. The molecule has 0 spiro atoms. The van der Waals surface area contributed by atoms with Crippen molar-refractivity contribution in [2.75, 3.05) is 20.1 Å². The highest BCUT2D eigenvalue weighted by molar-refractivity contribution is 7.89. The number of furan rings is 1. The summed E-state index contributed by atoms with van der Waals surface area (Å²) in [6, 6.07) is 7.92. The Morgan fingerprint density at radius 1 is 1.30 bits per heavy atom. The largest absolute Gasteiger partial charge is 0.467 e. The van der Waals surface area contributed by atoms with Crippen molar-refractivity contribution >= 4 is 27.0 Å². The second kappa shape index (κ2) is 7.77. The molecule has 3 heterocycles. The van der Waals surface area contributed by atoms with Crippen LogP contribution in [-0.4, -0.2) is 48.2 Å². The molecule has 1 saturated heterocycles. The van der Waals surface area contributed by atoms with E-state index in [-0.39, 0.29) is 22.9 Å². The molecule has 1 atom stereocenters. The smallest absolute Gasteiger partial charge is 0.419 e. The van der Waals surface area contributed by atoms with Crippen molar-refractivity contribution in [3.8, 4) is 0 Å². The number of benzene rings is 1. The summed E-state index contributed by atoms with van der Waals surface area (Å²) in [5, 5.41) is 0. The van der Waals surface area contributed by atoms with Crippen LogP contribution in [-0.2, 0) is 28.4 Å². The summed E-state index contributed by atoms with van der Waals surface area (Å²) in [6.45, 7) is 0.782. The average Bonchev–Trinajstić information content (AvgIpc) is 3.35. The topological polar surface area (TPSA) is 106 Å².